The average molecular weight is 256 g/mol. The van der Waals surface area contributed by atoms with Gasteiger partial charge in [0, 0.05) is 26.2 Å². The predicted octanol–water partition coefficient (Wildman–Crippen LogP) is 1.87. The lowest BCUT2D eigenvalue weighted by Crippen LogP contribution is -2.47. The van der Waals surface area contributed by atoms with Gasteiger partial charge in [0.2, 0.25) is 0 Å². The molecule has 0 radical (unpaired) electrons. The van der Waals surface area contributed by atoms with E-state index in [1.807, 2.05) is 0 Å². The molecule has 7 heteroatoms. The summed E-state index contributed by atoms with van der Waals surface area (Å²) in [6, 6.07) is 3.32. The van der Waals surface area contributed by atoms with Crippen LogP contribution in [0.2, 0.25) is 0 Å². The highest BCUT2D eigenvalue weighted by Crippen LogP contribution is 2.18. The van der Waals surface area contributed by atoms with E-state index in [2.05, 4.69) is 15.1 Å². The quantitative estimate of drug-likeness (QED) is 0.772. The number of aromatic nitrogens is 1. The zero-order valence-corrected chi connectivity index (χ0v) is 9.80. The monoisotopic (exact) mass is 256 g/mol. The van der Waals surface area contributed by atoms with Crippen molar-refractivity contribution in [2.45, 2.75) is 6.43 Å². The smallest absolute Gasteiger partial charge is 0.251 e. The summed E-state index contributed by atoms with van der Waals surface area (Å²) in [5, 5.41) is 2.73. The summed E-state index contributed by atoms with van der Waals surface area (Å²) in [5.74, 6) is 0.148. The Hall–Kier alpha value is -1.63. The lowest BCUT2D eigenvalue weighted by atomic mass is 10.2. The molecule has 18 heavy (non-hydrogen) atoms. The zero-order chi connectivity index (χ0) is 13.0. The van der Waals surface area contributed by atoms with Crippen LogP contribution in [0, 0.1) is 4.91 Å². The fourth-order valence-corrected chi connectivity index (χ4v) is 2.00. The van der Waals surface area contributed by atoms with Crippen molar-refractivity contribution in [3.63, 3.8) is 0 Å². The normalized spacial score (nSPS) is 17.2. The largest absolute Gasteiger partial charge is 0.368 e. The van der Waals surface area contributed by atoms with Gasteiger partial charge in [0.1, 0.15) is 0 Å². The van der Waals surface area contributed by atoms with Gasteiger partial charge in [-0.1, -0.05) is 0 Å². The molecule has 0 unspecified atom stereocenters. The van der Waals surface area contributed by atoms with E-state index in [4.69, 9.17) is 0 Å². The summed E-state index contributed by atoms with van der Waals surface area (Å²) in [5.41, 5.74) is 0.888. The van der Waals surface area contributed by atoms with Gasteiger partial charge in [0.05, 0.1) is 18.4 Å². The molecule has 1 aliphatic heterocycles. The minimum Gasteiger partial charge on any atom is -0.368 e. The number of rotatable bonds is 4. The van der Waals surface area contributed by atoms with Crippen molar-refractivity contribution in [1.82, 2.24) is 9.88 Å². The number of alkyl halides is 2. The summed E-state index contributed by atoms with van der Waals surface area (Å²) in [6.07, 6.45) is -0.698. The van der Waals surface area contributed by atoms with Crippen molar-refractivity contribution < 1.29 is 8.78 Å². The maximum absolute atomic E-state index is 12.2. The molecule has 0 aliphatic carbocycles. The second-order valence-electron chi connectivity index (χ2n) is 4.14. The van der Waals surface area contributed by atoms with Crippen molar-refractivity contribution in [2.24, 2.45) is 5.18 Å². The molecule has 0 spiro atoms. The van der Waals surface area contributed by atoms with Crippen LogP contribution in [-0.2, 0) is 0 Å². The van der Waals surface area contributed by atoms with Gasteiger partial charge >= 0.3 is 0 Å². The summed E-state index contributed by atoms with van der Waals surface area (Å²) in [6.45, 7) is 2.42. The Kier molecular flexibility index (Phi) is 4.14. The number of halogens is 2. The van der Waals surface area contributed by atoms with Gasteiger partial charge in [0.25, 0.3) is 6.43 Å². The standard InChI is InChI=1S/C11H14F2N4O/c12-10(13)8-16-3-5-17(6-4-16)9-1-2-11(15-18)14-7-9/h1-2,7,10H,3-6,8H2. The average Bonchev–Trinajstić information content (AvgIpc) is 2.39. The molecule has 0 N–H and O–H groups in total. The van der Waals surface area contributed by atoms with E-state index in [9.17, 15) is 13.7 Å². The highest BCUT2D eigenvalue weighted by Gasteiger charge is 2.19. The predicted molar refractivity (Wildman–Crippen MR) is 64.3 cm³/mol. The Balaban J connectivity index is 1.90. The fourth-order valence-electron chi connectivity index (χ4n) is 2.00. The number of nitrogens with zero attached hydrogens (tertiary/aromatic N) is 4. The van der Waals surface area contributed by atoms with Crippen molar-refractivity contribution in [2.75, 3.05) is 37.6 Å². The molecule has 5 nitrogen and oxygen atoms in total. The molecule has 1 aromatic rings. The summed E-state index contributed by atoms with van der Waals surface area (Å²) < 4.78 is 24.4. The molecular weight excluding hydrogens is 242 g/mol. The third-order valence-electron chi connectivity index (χ3n) is 2.96. The molecule has 1 aromatic heterocycles. The van der Waals surface area contributed by atoms with Gasteiger partial charge in [-0.25, -0.2) is 13.8 Å². The Morgan fingerprint density at radius 2 is 2.00 bits per heavy atom. The molecule has 2 rings (SSSR count). The number of hydrogen-bond donors (Lipinski definition) is 0. The number of anilines is 1. The number of nitroso groups, excluding NO2 is 1. The Labute approximate surface area is 103 Å². The highest BCUT2D eigenvalue weighted by molar-refractivity contribution is 5.48. The molecule has 1 aliphatic rings. The second kappa shape index (κ2) is 5.81. The van der Waals surface area contributed by atoms with Crippen LogP contribution in [0.15, 0.2) is 23.5 Å². The minimum atomic E-state index is -2.28. The number of hydrogen-bond acceptors (Lipinski definition) is 5. The van der Waals surface area contributed by atoms with Gasteiger partial charge in [-0.05, 0) is 17.3 Å². The molecule has 1 fully saturated rings. The first kappa shape index (κ1) is 12.8. The molecule has 0 amide bonds. The van der Waals surface area contributed by atoms with Gasteiger partial charge in [0.15, 0.2) is 5.82 Å². The van der Waals surface area contributed by atoms with Crippen LogP contribution in [0.5, 0.6) is 0 Å². The van der Waals surface area contributed by atoms with Crippen LogP contribution in [0.4, 0.5) is 20.3 Å². The minimum absolute atomic E-state index is 0.148. The van der Waals surface area contributed by atoms with E-state index in [-0.39, 0.29) is 12.4 Å². The Morgan fingerprint density at radius 1 is 1.28 bits per heavy atom. The Morgan fingerprint density at radius 3 is 2.50 bits per heavy atom. The van der Waals surface area contributed by atoms with Gasteiger partial charge in [-0.3, -0.25) is 4.90 Å². The topological polar surface area (TPSA) is 48.8 Å². The number of pyridine rings is 1. The fraction of sp³-hybridized carbons (Fsp3) is 0.545. The third-order valence-corrected chi connectivity index (χ3v) is 2.96. The Bertz CT molecular complexity index is 391. The maximum atomic E-state index is 12.2. The summed E-state index contributed by atoms with van der Waals surface area (Å²) in [4.78, 5) is 17.9. The zero-order valence-electron chi connectivity index (χ0n) is 9.80. The van der Waals surface area contributed by atoms with Crippen LogP contribution in [0.3, 0.4) is 0 Å². The van der Waals surface area contributed by atoms with Crippen LogP contribution < -0.4 is 4.90 Å². The van der Waals surface area contributed by atoms with Crippen LogP contribution in [0.25, 0.3) is 0 Å². The molecular formula is C11H14F2N4O. The molecule has 98 valence electrons. The van der Waals surface area contributed by atoms with Gasteiger partial charge < -0.3 is 4.90 Å². The summed E-state index contributed by atoms with van der Waals surface area (Å²) >= 11 is 0. The molecule has 0 atom stereocenters. The maximum Gasteiger partial charge on any atom is 0.251 e. The SMILES string of the molecule is O=Nc1ccc(N2CCN(CC(F)F)CC2)cn1. The molecule has 0 bridgehead atoms. The second-order valence-corrected chi connectivity index (χ2v) is 4.14. The van der Waals surface area contributed by atoms with E-state index in [0.717, 1.165) is 5.69 Å². The van der Waals surface area contributed by atoms with Gasteiger partial charge in [-0.15, -0.1) is 4.91 Å². The van der Waals surface area contributed by atoms with E-state index in [1.54, 1.807) is 23.2 Å². The molecule has 2 heterocycles. The lowest BCUT2D eigenvalue weighted by Gasteiger charge is -2.35. The van der Waals surface area contributed by atoms with Crippen LogP contribution in [-0.4, -0.2) is 49.0 Å². The lowest BCUT2D eigenvalue weighted by molar-refractivity contribution is 0.0854. The van der Waals surface area contributed by atoms with E-state index < -0.39 is 6.43 Å². The van der Waals surface area contributed by atoms with E-state index >= 15 is 0 Å². The van der Waals surface area contributed by atoms with Gasteiger partial charge in [-0.2, -0.15) is 0 Å². The molecule has 0 saturated carbocycles. The van der Waals surface area contributed by atoms with Crippen molar-refractivity contribution in [1.29, 1.82) is 0 Å². The van der Waals surface area contributed by atoms with Crippen molar-refractivity contribution >= 4 is 11.5 Å². The molecule has 1 saturated heterocycles. The van der Waals surface area contributed by atoms with Crippen LogP contribution in [0.1, 0.15) is 0 Å². The van der Waals surface area contributed by atoms with Crippen LogP contribution >= 0.6 is 0 Å². The highest BCUT2D eigenvalue weighted by atomic mass is 19.3. The number of piperazine rings is 1. The third kappa shape index (κ3) is 3.19. The first-order chi connectivity index (χ1) is 8.69. The first-order valence-corrected chi connectivity index (χ1v) is 5.74. The first-order valence-electron chi connectivity index (χ1n) is 5.74. The van der Waals surface area contributed by atoms with Crippen molar-refractivity contribution in [3.8, 4) is 0 Å². The van der Waals surface area contributed by atoms with Crippen molar-refractivity contribution in [3.05, 3.63) is 23.2 Å². The van der Waals surface area contributed by atoms with E-state index in [1.165, 1.54) is 0 Å². The molecule has 0 aromatic carbocycles. The summed E-state index contributed by atoms with van der Waals surface area (Å²) in [7, 11) is 0. The van der Waals surface area contributed by atoms with E-state index in [0.29, 0.717) is 26.2 Å².